The van der Waals surface area contributed by atoms with Crippen molar-refractivity contribution < 1.29 is 19.1 Å². The molecule has 0 radical (unpaired) electrons. The molecule has 0 heterocycles. The zero-order valence-electron chi connectivity index (χ0n) is 15.5. The van der Waals surface area contributed by atoms with Crippen LogP contribution in [0.25, 0.3) is 0 Å². The molecule has 0 unspecified atom stereocenters. The highest BCUT2D eigenvalue weighted by Gasteiger charge is 2.17. The van der Waals surface area contributed by atoms with E-state index in [1.165, 1.54) is 0 Å². The molecule has 1 atom stereocenters. The van der Waals surface area contributed by atoms with Crippen molar-refractivity contribution in [3.63, 3.8) is 0 Å². The molecule has 0 spiro atoms. The van der Waals surface area contributed by atoms with Crippen molar-refractivity contribution in [3.8, 4) is 5.75 Å². The number of nitrogens with one attached hydrogen (secondary N) is 1. The minimum atomic E-state index is -0.828. The highest BCUT2D eigenvalue weighted by atomic mass is 16.5. The summed E-state index contributed by atoms with van der Waals surface area (Å²) in [4.78, 5) is 24.1. The standard InChI is InChI=1S/C21H25NO4/c1-15-8-10-17(11-9-15)14-22-21(24)16(2)26-20(23)13-12-18-6-4-5-7-19(18)25-3/h4-11,16H,12-14H2,1-3H3,(H,22,24)/t16-/m0/s1. The molecule has 0 aliphatic rings. The number of ether oxygens (including phenoxy) is 2. The molecule has 0 aromatic heterocycles. The fraction of sp³-hybridized carbons (Fsp3) is 0.333. The first kappa shape index (κ1) is 19.5. The van der Waals surface area contributed by atoms with E-state index in [-0.39, 0.29) is 12.3 Å². The van der Waals surface area contributed by atoms with E-state index in [0.29, 0.717) is 13.0 Å². The number of esters is 1. The van der Waals surface area contributed by atoms with Crippen LogP contribution in [-0.2, 0) is 27.3 Å². The van der Waals surface area contributed by atoms with Crippen molar-refractivity contribution >= 4 is 11.9 Å². The van der Waals surface area contributed by atoms with Crippen LogP contribution in [0.1, 0.15) is 30.0 Å². The lowest BCUT2D eigenvalue weighted by atomic mass is 10.1. The monoisotopic (exact) mass is 355 g/mol. The largest absolute Gasteiger partial charge is 0.496 e. The lowest BCUT2D eigenvalue weighted by molar-refractivity contribution is -0.154. The van der Waals surface area contributed by atoms with Crippen LogP contribution in [0.5, 0.6) is 5.75 Å². The summed E-state index contributed by atoms with van der Waals surface area (Å²) in [5, 5.41) is 2.78. The highest BCUT2D eigenvalue weighted by Crippen LogP contribution is 2.19. The number of hydrogen-bond donors (Lipinski definition) is 1. The van der Waals surface area contributed by atoms with Gasteiger partial charge in [0.15, 0.2) is 6.10 Å². The second-order valence-electron chi connectivity index (χ2n) is 6.15. The second-order valence-corrected chi connectivity index (χ2v) is 6.15. The molecule has 138 valence electrons. The van der Waals surface area contributed by atoms with Crippen molar-refractivity contribution in [1.29, 1.82) is 0 Å². The molecule has 2 aromatic carbocycles. The Morgan fingerprint density at radius 1 is 1.08 bits per heavy atom. The van der Waals surface area contributed by atoms with Crippen LogP contribution in [0, 0.1) is 6.92 Å². The molecular weight excluding hydrogens is 330 g/mol. The van der Waals surface area contributed by atoms with Gasteiger partial charge in [0.1, 0.15) is 5.75 Å². The van der Waals surface area contributed by atoms with Gasteiger partial charge in [-0.05, 0) is 37.5 Å². The molecule has 5 nitrogen and oxygen atoms in total. The maximum absolute atomic E-state index is 12.1. The average molecular weight is 355 g/mol. The number of amides is 1. The second kappa shape index (κ2) is 9.61. The van der Waals surface area contributed by atoms with Crippen molar-refractivity contribution in [2.45, 2.75) is 39.3 Å². The lowest BCUT2D eigenvalue weighted by Crippen LogP contribution is -2.35. The third-order valence-electron chi connectivity index (χ3n) is 4.06. The van der Waals surface area contributed by atoms with Gasteiger partial charge in [-0.3, -0.25) is 9.59 Å². The van der Waals surface area contributed by atoms with Crippen LogP contribution >= 0.6 is 0 Å². The number of carbonyl (C=O) groups is 2. The van der Waals surface area contributed by atoms with E-state index in [9.17, 15) is 9.59 Å². The zero-order valence-corrected chi connectivity index (χ0v) is 15.5. The zero-order chi connectivity index (χ0) is 18.9. The summed E-state index contributed by atoms with van der Waals surface area (Å²) in [7, 11) is 1.59. The first-order chi connectivity index (χ1) is 12.5. The summed E-state index contributed by atoms with van der Waals surface area (Å²) in [6.45, 7) is 3.99. The third kappa shape index (κ3) is 5.92. The molecule has 5 heteroatoms. The molecule has 0 bridgehead atoms. The van der Waals surface area contributed by atoms with Gasteiger partial charge in [0, 0.05) is 13.0 Å². The number of hydrogen-bond acceptors (Lipinski definition) is 4. The van der Waals surface area contributed by atoms with Gasteiger partial charge in [-0.25, -0.2) is 0 Å². The first-order valence-corrected chi connectivity index (χ1v) is 8.64. The van der Waals surface area contributed by atoms with Gasteiger partial charge >= 0.3 is 5.97 Å². The Hall–Kier alpha value is -2.82. The van der Waals surface area contributed by atoms with E-state index in [2.05, 4.69) is 5.32 Å². The third-order valence-corrected chi connectivity index (χ3v) is 4.06. The molecule has 0 aliphatic heterocycles. The molecule has 1 amide bonds. The van der Waals surface area contributed by atoms with E-state index >= 15 is 0 Å². The van der Waals surface area contributed by atoms with Gasteiger partial charge < -0.3 is 14.8 Å². The van der Waals surface area contributed by atoms with Crippen LogP contribution in [0.4, 0.5) is 0 Å². The number of methoxy groups -OCH3 is 1. The van der Waals surface area contributed by atoms with E-state index in [1.807, 2.05) is 55.5 Å². The fourth-order valence-corrected chi connectivity index (χ4v) is 2.49. The average Bonchev–Trinajstić information content (AvgIpc) is 2.65. The number of rotatable bonds is 8. The van der Waals surface area contributed by atoms with Crippen molar-refractivity contribution in [2.24, 2.45) is 0 Å². The maximum atomic E-state index is 12.1. The van der Waals surface area contributed by atoms with E-state index in [4.69, 9.17) is 9.47 Å². The molecule has 0 aliphatic carbocycles. The predicted molar refractivity (Wildman–Crippen MR) is 99.9 cm³/mol. The summed E-state index contributed by atoms with van der Waals surface area (Å²) in [6, 6.07) is 15.4. The molecule has 26 heavy (non-hydrogen) atoms. The lowest BCUT2D eigenvalue weighted by Gasteiger charge is -2.14. The van der Waals surface area contributed by atoms with Crippen molar-refractivity contribution in [2.75, 3.05) is 7.11 Å². The quantitative estimate of drug-likeness (QED) is 0.739. The maximum Gasteiger partial charge on any atom is 0.306 e. The highest BCUT2D eigenvalue weighted by molar-refractivity contribution is 5.83. The molecule has 1 N–H and O–H groups in total. The van der Waals surface area contributed by atoms with Crippen molar-refractivity contribution in [1.82, 2.24) is 5.32 Å². The van der Waals surface area contributed by atoms with Crippen LogP contribution in [0.2, 0.25) is 0 Å². The van der Waals surface area contributed by atoms with E-state index in [0.717, 1.165) is 22.4 Å². The van der Waals surface area contributed by atoms with Crippen LogP contribution in [0.15, 0.2) is 48.5 Å². The minimum absolute atomic E-state index is 0.190. The van der Waals surface area contributed by atoms with Gasteiger partial charge in [0.05, 0.1) is 7.11 Å². The summed E-state index contributed by atoms with van der Waals surface area (Å²) in [5.74, 6) is 0.0225. The molecule has 0 saturated heterocycles. The Morgan fingerprint density at radius 2 is 1.77 bits per heavy atom. The first-order valence-electron chi connectivity index (χ1n) is 8.64. The summed E-state index contributed by atoms with van der Waals surface area (Å²) in [6.07, 6.45) is -0.137. The summed E-state index contributed by atoms with van der Waals surface area (Å²) in [5.41, 5.74) is 3.10. The molecule has 2 aromatic rings. The van der Waals surface area contributed by atoms with E-state index in [1.54, 1.807) is 14.0 Å². The molecule has 2 rings (SSSR count). The predicted octanol–water partition coefficient (Wildman–Crippen LogP) is 3.18. The van der Waals surface area contributed by atoms with Gasteiger partial charge in [0.25, 0.3) is 5.91 Å². The summed E-state index contributed by atoms with van der Waals surface area (Å²) >= 11 is 0. The fourth-order valence-electron chi connectivity index (χ4n) is 2.49. The Morgan fingerprint density at radius 3 is 2.46 bits per heavy atom. The van der Waals surface area contributed by atoms with Crippen LogP contribution in [-0.4, -0.2) is 25.1 Å². The van der Waals surface area contributed by atoms with Crippen LogP contribution in [0.3, 0.4) is 0 Å². The molecule has 0 fully saturated rings. The number of carbonyl (C=O) groups excluding carboxylic acids is 2. The summed E-state index contributed by atoms with van der Waals surface area (Å²) < 4.78 is 10.5. The van der Waals surface area contributed by atoms with E-state index < -0.39 is 12.1 Å². The van der Waals surface area contributed by atoms with Gasteiger partial charge in [0.2, 0.25) is 0 Å². The molecular formula is C21H25NO4. The number of para-hydroxylation sites is 1. The normalized spacial score (nSPS) is 11.5. The van der Waals surface area contributed by atoms with Crippen LogP contribution < -0.4 is 10.1 Å². The van der Waals surface area contributed by atoms with Crippen molar-refractivity contribution in [3.05, 3.63) is 65.2 Å². The number of aryl methyl sites for hydroxylation is 2. The Labute approximate surface area is 154 Å². The topological polar surface area (TPSA) is 64.6 Å². The Balaban J connectivity index is 1.76. The van der Waals surface area contributed by atoms with Gasteiger partial charge in [-0.2, -0.15) is 0 Å². The minimum Gasteiger partial charge on any atom is -0.496 e. The van der Waals surface area contributed by atoms with Gasteiger partial charge in [-0.15, -0.1) is 0 Å². The SMILES string of the molecule is COc1ccccc1CCC(=O)O[C@@H](C)C(=O)NCc1ccc(C)cc1. The Kier molecular flexibility index (Phi) is 7.21. The Bertz CT molecular complexity index is 740. The van der Waals surface area contributed by atoms with Gasteiger partial charge in [-0.1, -0.05) is 48.0 Å². The smallest absolute Gasteiger partial charge is 0.306 e. The molecule has 0 saturated carbocycles. The number of benzene rings is 2.